The summed E-state index contributed by atoms with van der Waals surface area (Å²) in [6.07, 6.45) is 4.96. The molecular weight excluding hydrogens is 450 g/mol. The highest BCUT2D eigenvalue weighted by molar-refractivity contribution is 9.10. The molecule has 0 spiro atoms. The molecule has 1 saturated heterocycles. The van der Waals surface area contributed by atoms with Crippen molar-refractivity contribution in [1.29, 1.82) is 0 Å². The first-order valence-electron chi connectivity index (χ1n) is 9.87. The molecule has 2 heterocycles. The Kier molecular flexibility index (Phi) is 6.29. The predicted octanol–water partition coefficient (Wildman–Crippen LogP) is 4.06. The monoisotopic (exact) mass is 473 g/mol. The summed E-state index contributed by atoms with van der Waals surface area (Å²) in [7, 11) is 1.61. The fourth-order valence-corrected chi connectivity index (χ4v) is 4.25. The van der Waals surface area contributed by atoms with Crippen molar-refractivity contribution in [3.05, 3.63) is 58.1 Å². The number of hydrogen-bond acceptors (Lipinski definition) is 5. The van der Waals surface area contributed by atoms with Gasteiger partial charge in [0.1, 0.15) is 5.75 Å². The van der Waals surface area contributed by atoms with Gasteiger partial charge in [0.15, 0.2) is 11.5 Å². The number of hydrogen-bond donors (Lipinski definition) is 1. The van der Waals surface area contributed by atoms with Crippen LogP contribution in [0.25, 0.3) is 6.08 Å². The molecule has 2 aliphatic heterocycles. The fourth-order valence-electron chi connectivity index (χ4n) is 3.87. The number of carbonyl (C=O) groups is 1. The smallest absolute Gasteiger partial charge is 0.244 e. The quantitative estimate of drug-likeness (QED) is 0.640. The highest BCUT2D eigenvalue weighted by Crippen LogP contribution is 2.40. The molecule has 0 saturated carbocycles. The van der Waals surface area contributed by atoms with Crippen LogP contribution in [-0.4, -0.2) is 39.6 Å². The molecule has 1 amide bonds. The van der Waals surface area contributed by atoms with Gasteiger partial charge in [-0.05, 0) is 54.8 Å². The summed E-state index contributed by atoms with van der Waals surface area (Å²) in [6, 6.07) is 11.7. The lowest BCUT2D eigenvalue weighted by molar-refractivity contribution is -0.116. The Bertz CT molecular complexity index is 953. The molecule has 0 aromatic heterocycles. The van der Waals surface area contributed by atoms with Crippen LogP contribution < -0.4 is 19.5 Å². The molecule has 158 valence electrons. The van der Waals surface area contributed by atoms with Crippen molar-refractivity contribution in [3.8, 4) is 17.2 Å². The summed E-state index contributed by atoms with van der Waals surface area (Å²) < 4.78 is 22.9. The van der Waals surface area contributed by atoms with Crippen molar-refractivity contribution in [2.75, 3.05) is 33.7 Å². The van der Waals surface area contributed by atoms with E-state index in [4.69, 9.17) is 18.9 Å². The molecule has 0 atom stereocenters. The summed E-state index contributed by atoms with van der Waals surface area (Å²) in [5.74, 6) is 2.08. The second kappa shape index (κ2) is 9.10. The summed E-state index contributed by atoms with van der Waals surface area (Å²) >= 11 is 3.45. The van der Waals surface area contributed by atoms with Gasteiger partial charge in [0.05, 0.1) is 7.11 Å². The van der Waals surface area contributed by atoms with Gasteiger partial charge >= 0.3 is 0 Å². The summed E-state index contributed by atoms with van der Waals surface area (Å²) in [5, 5.41) is 3.08. The van der Waals surface area contributed by atoms with Crippen molar-refractivity contribution >= 4 is 27.9 Å². The van der Waals surface area contributed by atoms with Crippen LogP contribution in [0.3, 0.4) is 0 Å². The molecule has 0 radical (unpaired) electrons. The van der Waals surface area contributed by atoms with E-state index in [0.717, 1.165) is 39.9 Å². The van der Waals surface area contributed by atoms with Crippen LogP contribution in [-0.2, 0) is 14.9 Å². The normalized spacial score (nSPS) is 17.1. The van der Waals surface area contributed by atoms with Crippen LogP contribution in [0.4, 0.5) is 0 Å². The molecule has 0 bridgehead atoms. The average Bonchev–Trinajstić information content (AvgIpc) is 3.25. The van der Waals surface area contributed by atoms with Crippen LogP contribution in [0, 0.1) is 0 Å². The predicted molar refractivity (Wildman–Crippen MR) is 117 cm³/mol. The van der Waals surface area contributed by atoms with E-state index < -0.39 is 0 Å². The molecule has 1 fully saturated rings. The number of fused-ring (bicyclic) bond motifs is 1. The molecule has 0 aliphatic carbocycles. The lowest BCUT2D eigenvalue weighted by Gasteiger charge is -2.38. The molecule has 2 aromatic rings. The van der Waals surface area contributed by atoms with E-state index in [0.29, 0.717) is 25.5 Å². The van der Waals surface area contributed by atoms with Gasteiger partial charge in [0, 0.05) is 41.3 Å². The largest absolute Gasteiger partial charge is 0.496 e. The molecule has 30 heavy (non-hydrogen) atoms. The van der Waals surface area contributed by atoms with E-state index >= 15 is 0 Å². The van der Waals surface area contributed by atoms with Gasteiger partial charge in [-0.25, -0.2) is 0 Å². The zero-order chi connectivity index (χ0) is 21.0. The van der Waals surface area contributed by atoms with E-state index in [1.165, 1.54) is 6.08 Å². The first kappa shape index (κ1) is 20.8. The minimum atomic E-state index is -0.198. The van der Waals surface area contributed by atoms with Gasteiger partial charge in [-0.3, -0.25) is 4.79 Å². The number of nitrogens with one attached hydrogen (secondary N) is 1. The van der Waals surface area contributed by atoms with E-state index in [-0.39, 0.29) is 18.1 Å². The van der Waals surface area contributed by atoms with Crippen LogP contribution in [0.1, 0.15) is 24.0 Å². The maximum Gasteiger partial charge on any atom is 0.244 e. The Morgan fingerprint density at radius 2 is 1.97 bits per heavy atom. The molecule has 6 nitrogen and oxygen atoms in total. The van der Waals surface area contributed by atoms with E-state index in [1.54, 1.807) is 13.2 Å². The fraction of sp³-hybridized carbons (Fsp3) is 0.348. The molecular formula is C23H24BrNO5. The third kappa shape index (κ3) is 4.47. The van der Waals surface area contributed by atoms with Crippen LogP contribution >= 0.6 is 15.9 Å². The minimum Gasteiger partial charge on any atom is -0.496 e. The molecule has 1 N–H and O–H groups in total. The second-order valence-electron chi connectivity index (χ2n) is 7.40. The Labute approximate surface area is 184 Å². The topological polar surface area (TPSA) is 66.0 Å². The maximum atomic E-state index is 12.6. The van der Waals surface area contributed by atoms with Gasteiger partial charge in [-0.2, -0.15) is 0 Å². The lowest BCUT2D eigenvalue weighted by atomic mass is 9.74. The van der Waals surface area contributed by atoms with Gasteiger partial charge in [-0.15, -0.1) is 0 Å². The maximum absolute atomic E-state index is 12.6. The van der Waals surface area contributed by atoms with Crippen LogP contribution in [0.5, 0.6) is 17.2 Å². The lowest BCUT2D eigenvalue weighted by Crippen LogP contribution is -2.44. The SMILES string of the molecule is COc1ccc(Br)cc1/C=C/C(=O)NCC1(c2ccc3c(c2)OCO3)CCOCC1. The highest BCUT2D eigenvalue weighted by atomic mass is 79.9. The van der Waals surface area contributed by atoms with E-state index in [1.807, 2.05) is 30.3 Å². The first-order chi connectivity index (χ1) is 14.6. The van der Waals surface area contributed by atoms with Crippen molar-refractivity contribution < 1.29 is 23.7 Å². The van der Waals surface area contributed by atoms with Crippen molar-refractivity contribution in [2.24, 2.45) is 0 Å². The highest BCUT2D eigenvalue weighted by Gasteiger charge is 2.35. The molecule has 0 unspecified atom stereocenters. The van der Waals surface area contributed by atoms with Crippen LogP contribution in [0.15, 0.2) is 46.9 Å². The summed E-state index contributed by atoms with van der Waals surface area (Å²) in [6.45, 7) is 2.09. The third-order valence-electron chi connectivity index (χ3n) is 5.64. The number of amides is 1. The van der Waals surface area contributed by atoms with Gasteiger partial charge in [0.2, 0.25) is 12.7 Å². The second-order valence-corrected chi connectivity index (χ2v) is 8.31. The van der Waals surface area contributed by atoms with Gasteiger partial charge in [-0.1, -0.05) is 22.0 Å². The van der Waals surface area contributed by atoms with Gasteiger partial charge < -0.3 is 24.3 Å². The minimum absolute atomic E-state index is 0.149. The zero-order valence-corrected chi connectivity index (χ0v) is 18.4. The van der Waals surface area contributed by atoms with Crippen molar-refractivity contribution in [2.45, 2.75) is 18.3 Å². The number of ether oxygens (including phenoxy) is 4. The number of rotatable bonds is 6. The van der Waals surface area contributed by atoms with Gasteiger partial charge in [0.25, 0.3) is 0 Å². The molecule has 2 aliphatic rings. The molecule has 7 heteroatoms. The molecule has 2 aromatic carbocycles. The Morgan fingerprint density at radius 1 is 1.17 bits per heavy atom. The van der Waals surface area contributed by atoms with Crippen molar-refractivity contribution in [3.63, 3.8) is 0 Å². The zero-order valence-electron chi connectivity index (χ0n) is 16.8. The standard InChI is InChI=1S/C23H24BrNO5/c1-27-19-6-4-18(24)12-16(19)2-7-22(26)25-14-23(8-10-28-11-9-23)17-3-5-20-21(13-17)30-15-29-20/h2-7,12-13H,8-11,14-15H2,1H3,(H,25,26)/b7-2+. The van der Waals surface area contributed by atoms with E-state index in [9.17, 15) is 4.79 Å². The Morgan fingerprint density at radius 3 is 2.77 bits per heavy atom. The molecule has 4 rings (SSSR count). The first-order valence-corrected chi connectivity index (χ1v) is 10.7. The summed E-state index contributed by atoms with van der Waals surface area (Å²) in [4.78, 5) is 12.6. The Hall–Kier alpha value is -2.51. The third-order valence-corrected chi connectivity index (χ3v) is 6.14. The number of halogens is 1. The summed E-state index contributed by atoms with van der Waals surface area (Å²) in [5.41, 5.74) is 1.77. The average molecular weight is 474 g/mol. The Balaban J connectivity index is 1.48. The number of benzene rings is 2. The van der Waals surface area contributed by atoms with Crippen molar-refractivity contribution in [1.82, 2.24) is 5.32 Å². The number of methoxy groups -OCH3 is 1. The van der Waals surface area contributed by atoms with E-state index in [2.05, 4.69) is 27.3 Å². The van der Waals surface area contributed by atoms with Crippen LogP contribution in [0.2, 0.25) is 0 Å². The number of carbonyl (C=O) groups excluding carboxylic acids is 1.